The summed E-state index contributed by atoms with van der Waals surface area (Å²) in [4.78, 5) is 19.9. The number of benzene rings is 2. The number of hydrogen-bond donors (Lipinski definition) is 1. The maximum atomic E-state index is 12.9. The number of methoxy groups -OCH3 is 1. The number of likely N-dealkylation sites (tertiary alicyclic amines) is 1. The third kappa shape index (κ3) is 5.20. The number of carbonyl (C=O) groups is 1. The number of nitrogens with zero attached hydrogens (tertiary/aromatic N) is 3. The Morgan fingerprint density at radius 2 is 1.91 bits per heavy atom. The minimum Gasteiger partial charge on any atom is -0.494 e. The van der Waals surface area contributed by atoms with E-state index >= 15 is 0 Å². The van der Waals surface area contributed by atoms with E-state index in [-0.39, 0.29) is 5.78 Å². The molecule has 2 aromatic carbocycles. The van der Waals surface area contributed by atoms with Crippen LogP contribution >= 0.6 is 0 Å². The normalized spacial score (nSPS) is 14.9. The Morgan fingerprint density at radius 1 is 1.11 bits per heavy atom. The largest absolute Gasteiger partial charge is 0.494 e. The van der Waals surface area contributed by atoms with Gasteiger partial charge in [0, 0.05) is 29.1 Å². The van der Waals surface area contributed by atoms with Crippen LogP contribution in [0.1, 0.15) is 41.9 Å². The highest BCUT2D eigenvalue weighted by atomic mass is 16.5. The van der Waals surface area contributed by atoms with Crippen molar-refractivity contribution in [1.29, 1.82) is 0 Å². The minimum absolute atomic E-state index is 0.0297. The molecule has 0 saturated carbocycles. The van der Waals surface area contributed by atoms with E-state index in [1.54, 1.807) is 13.2 Å². The van der Waals surface area contributed by atoms with Crippen molar-refractivity contribution in [2.75, 3.05) is 25.9 Å². The fraction of sp³-hybridized carbons (Fsp3) is 0.321. The molecule has 1 fully saturated rings. The van der Waals surface area contributed by atoms with Crippen LogP contribution in [0, 0.1) is 5.92 Å². The predicted molar refractivity (Wildman–Crippen MR) is 136 cm³/mol. The second kappa shape index (κ2) is 10.3. The zero-order valence-electron chi connectivity index (χ0n) is 19.9. The van der Waals surface area contributed by atoms with Crippen LogP contribution in [-0.4, -0.2) is 41.0 Å². The van der Waals surface area contributed by atoms with Crippen LogP contribution in [0.25, 0.3) is 22.2 Å². The van der Waals surface area contributed by atoms with Crippen molar-refractivity contribution in [3.8, 4) is 17.0 Å². The molecule has 5 rings (SSSR count). The number of Topliss-reactive ketones (excluding diaryl/α,β-unsaturated/α-hetero) is 1. The van der Waals surface area contributed by atoms with Gasteiger partial charge in [-0.15, -0.1) is 0 Å². The first kappa shape index (κ1) is 23.1. The number of rotatable bonds is 8. The van der Waals surface area contributed by atoms with E-state index in [0.29, 0.717) is 35.0 Å². The van der Waals surface area contributed by atoms with Gasteiger partial charge in [0.1, 0.15) is 22.7 Å². The lowest BCUT2D eigenvalue weighted by Crippen LogP contribution is -2.33. The van der Waals surface area contributed by atoms with Gasteiger partial charge in [0.25, 0.3) is 0 Å². The molecule has 1 aliphatic heterocycles. The monoisotopic (exact) mass is 470 g/mol. The molecular formula is C28H30N4O3. The molecule has 0 aliphatic carbocycles. The van der Waals surface area contributed by atoms with E-state index in [2.05, 4.69) is 15.0 Å². The van der Waals surface area contributed by atoms with Crippen LogP contribution in [0.15, 0.2) is 65.2 Å². The Bertz CT molecular complexity index is 1310. The summed E-state index contributed by atoms with van der Waals surface area (Å²) >= 11 is 0. The smallest absolute Gasteiger partial charge is 0.181 e. The number of fused-ring (bicyclic) bond motifs is 1. The van der Waals surface area contributed by atoms with E-state index in [1.807, 2.05) is 54.6 Å². The molecule has 2 aromatic heterocycles. The summed E-state index contributed by atoms with van der Waals surface area (Å²) in [7, 11) is 1.60. The topological polar surface area (TPSA) is 94.5 Å². The summed E-state index contributed by atoms with van der Waals surface area (Å²) in [6, 6.07) is 19.4. The Kier molecular flexibility index (Phi) is 6.77. The van der Waals surface area contributed by atoms with Gasteiger partial charge in [-0.1, -0.05) is 47.6 Å². The highest BCUT2D eigenvalue weighted by molar-refractivity contribution is 6.01. The molecule has 2 N–H and O–H groups in total. The van der Waals surface area contributed by atoms with Gasteiger partial charge in [-0.2, -0.15) is 0 Å². The van der Waals surface area contributed by atoms with Crippen molar-refractivity contribution in [2.24, 2.45) is 5.92 Å². The highest BCUT2D eigenvalue weighted by Gasteiger charge is 2.22. The maximum absolute atomic E-state index is 12.9. The van der Waals surface area contributed by atoms with Crippen molar-refractivity contribution in [3.05, 3.63) is 72.1 Å². The number of ketones is 1. The van der Waals surface area contributed by atoms with Gasteiger partial charge in [0.15, 0.2) is 11.5 Å². The van der Waals surface area contributed by atoms with Crippen molar-refractivity contribution in [1.82, 2.24) is 15.0 Å². The Balaban J connectivity index is 1.13. The number of piperidine rings is 1. The van der Waals surface area contributed by atoms with E-state index in [1.165, 1.54) is 0 Å². The van der Waals surface area contributed by atoms with Gasteiger partial charge >= 0.3 is 0 Å². The summed E-state index contributed by atoms with van der Waals surface area (Å²) in [5, 5.41) is 5.02. The number of ether oxygens (including phenoxy) is 1. The van der Waals surface area contributed by atoms with Crippen molar-refractivity contribution in [3.63, 3.8) is 0 Å². The molecule has 1 saturated heterocycles. The molecule has 180 valence electrons. The number of nitrogen functional groups attached to an aromatic ring is 1. The predicted octanol–water partition coefficient (Wildman–Crippen LogP) is 5.36. The lowest BCUT2D eigenvalue weighted by molar-refractivity contribution is 0.0955. The van der Waals surface area contributed by atoms with Crippen molar-refractivity contribution in [2.45, 2.75) is 32.2 Å². The average Bonchev–Trinajstić information content (AvgIpc) is 3.36. The Labute approximate surface area is 204 Å². The van der Waals surface area contributed by atoms with Crippen LogP contribution in [0.5, 0.6) is 5.75 Å². The summed E-state index contributed by atoms with van der Waals surface area (Å²) in [5.41, 5.74) is 9.73. The number of anilines is 1. The first-order valence-electron chi connectivity index (χ1n) is 12.1. The number of aromatic nitrogens is 2. The number of nitrogens with two attached hydrogens (primary N) is 1. The van der Waals surface area contributed by atoms with Crippen LogP contribution in [-0.2, 0) is 6.54 Å². The number of carbonyl (C=O) groups excluding carboxylic acids is 1. The Morgan fingerprint density at radius 3 is 2.69 bits per heavy atom. The van der Waals surface area contributed by atoms with Crippen LogP contribution in [0.4, 0.5) is 5.69 Å². The molecule has 0 spiro atoms. The lowest BCUT2D eigenvalue weighted by atomic mass is 9.91. The van der Waals surface area contributed by atoms with Crippen LogP contribution < -0.4 is 10.5 Å². The summed E-state index contributed by atoms with van der Waals surface area (Å²) < 4.78 is 11.0. The van der Waals surface area contributed by atoms with E-state index in [0.717, 1.165) is 61.3 Å². The number of para-hydroxylation sites is 1. The van der Waals surface area contributed by atoms with Gasteiger partial charge in [-0.05, 0) is 50.4 Å². The van der Waals surface area contributed by atoms with Gasteiger partial charge in [0.2, 0.25) is 0 Å². The molecule has 0 unspecified atom stereocenters. The molecule has 4 aromatic rings. The molecule has 35 heavy (non-hydrogen) atoms. The number of pyridine rings is 1. The molecule has 0 amide bonds. The van der Waals surface area contributed by atoms with Crippen LogP contribution in [0.2, 0.25) is 0 Å². The Hall–Kier alpha value is -3.71. The van der Waals surface area contributed by atoms with Gasteiger partial charge in [-0.3, -0.25) is 9.69 Å². The average molecular weight is 471 g/mol. The van der Waals surface area contributed by atoms with E-state index in [9.17, 15) is 4.79 Å². The molecule has 7 nitrogen and oxygen atoms in total. The second-order valence-electron chi connectivity index (χ2n) is 9.18. The summed E-state index contributed by atoms with van der Waals surface area (Å²) in [5.74, 6) is 2.06. The molecule has 3 heterocycles. The lowest BCUT2D eigenvalue weighted by Gasteiger charge is -2.31. The molecule has 0 atom stereocenters. The highest BCUT2D eigenvalue weighted by Crippen LogP contribution is 2.30. The molecular weight excluding hydrogens is 440 g/mol. The second-order valence-corrected chi connectivity index (χ2v) is 9.18. The third-order valence-electron chi connectivity index (χ3n) is 6.83. The van der Waals surface area contributed by atoms with E-state index in [4.69, 9.17) is 15.0 Å². The van der Waals surface area contributed by atoms with Crippen molar-refractivity contribution < 1.29 is 14.1 Å². The fourth-order valence-electron chi connectivity index (χ4n) is 4.81. The summed E-state index contributed by atoms with van der Waals surface area (Å²) in [6.45, 7) is 2.73. The third-order valence-corrected chi connectivity index (χ3v) is 6.83. The van der Waals surface area contributed by atoms with Crippen molar-refractivity contribution >= 4 is 22.4 Å². The molecule has 0 radical (unpaired) electrons. The van der Waals surface area contributed by atoms with Crippen LogP contribution in [0.3, 0.4) is 0 Å². The molecule has 0 bridgehead atoms. The minimum atomic E-state index is 0.0297. The van der Waals surface area contributed by atoms with Gasteiger partial charge in [0.05, 0.1) is 13.7 Å². The first-order chi connectivity index (χ1) is 17.1. The fourth-order valence-corrected chi connectivity index (χ4v) is 4.81. The standard InChI is InChI=1S/C28H30N4O3/c1-34-27-9-5-8-22-23(29)17-25(30-28(22)27)26(33)11-10-19-12-14-32(15-13-19)18-21-16-24(31-35-21)20-6-3-2-4-7-20/h2-9,16-17,19H,10-15,18H2,1H3,(H2,29,30). The van der Waals surface area contributed by atoms with Gasteiger partial charge < -0.3 is 15.0 Å². The first-order valence-corrected chi connectivity index (χ1v) is 12.1. The number of hydrogen-bond acceptors (Lipinski definition) is 7. The molecule has 7 heteroatoms. The maximum Gasteiger partial charge on any atom is 0.181 e. The quantitative estimate of drug-likeness (QED) is 0.347. The van der Waals surface area contributed by atoms with E-state index < -0.39 is 0 Å². The summed E-state index contributed by atoms with van der Waals surface area (Å²) in [6.07, 6.45) is 3.46. The zero-order valence-corrected chi connectivity index (χ0v) is 19.9. The molecule has 1 aliphatic rings. The van der Waals surface area contributed by atoms with Gasteiger partial charge in [-0.25, -0.2) is 4.98 Å². The SMILES string of the molecule is COc1cccc2c(N)cc(C(=O)CCC3CCN(Cc4cc(-c5ccccc5)no4)CC3)nc12. The zero-order chi connectivity index (χ0) is 24.2.